The summed E-state index contributed by atoms with van der Waals surface area (Å²) in [4.78, 5) is 12.4. The smallest absolute Gasteiger partial charge is 0.256 e. The predicted molar refractivity (Wildman–Crippen MR) is 98.2 cm³/mol. The minimum absolute atomic E-state index is 0.209. The molecule has 2 aromatic rings. The molecular formula is C14H9Br4NO2. The molecule has 7 heteroatoms. The van der Waals surface area contributed by atoms with Crippen LogP contribution in [0.25, 0.3) is 0 Å². The Morgan fingerprint density at radius 1 is 1.00 bits per heavy atom. The Balaban J connectivity index is 2.31. The van der Waals surface area contributed by atoms with Gasteiger partial charge in [-0.3, -0.25) is 4.79 Å². The van der Waals surface area contributed by atoms with E-state index in [1.54, 1.807) is 19.2 Å². The van der Waals surface area contributed by atoms with Crippen molar-refractivity contribution < 1.29 is 9.53 Å². The van der Waals surface area contributed by atoms with Gasteiger partial charge < -0.3 is 10.1 Å². The topological polar surface area (TPSA) is 38.3 Å². The molecule has 1 amide bonds. The Kier molecular flexibility index (Phi) is 5.88. The van der Waals surface area contributed by atoms with E-state index < -0.39 is 0 Å². The van der Waals surface area contributed by atoms with Gasteiger partial charge in [0.25, 0.3) is 5.91 Å². The summed E-state index contributed by atoms with van der Waals surface area (Å²) in [5.41, 5.74) is 1.18. The van der Waals surface area contributed by atoms with Crippen LogP contribution in [0.3, 0.4) is 0 Å². The number of amides is 1. The van der Waals surface area contributed by atoms with Crippen LogP contribution in [0.1, 0.15) is 10.4 Å². The van der Waals surface area contributed by atoms with Crippen LogP contribution in [-0.4, -0.2) is 13.0 Å². The summed E-state index contributed by atoms with van der Waals surface area (Å²) >= 11 is 13.6. The molecule has 110 valence electrons. The van der Waals surface area contributed by atoms with E-state index >= 15 is 0 Å². The number of anilines is 1. The lowest BCUT2D eigenvalue weighted by Crippen LogP contribution is -2.13. The van der Waals surface area contributed by atoms with E-state index in [9.17, 15) is 4.79 Å². The molecule has 0 spiro atoms. The lowest BCUT2D eigenvalue weighted by Gasteiger charge is -2.12. The van der Waals surface area contributed by atoms with Crippen molar-refractivity contribution in [3.05, 3.63) is 53.8 Å². The highest BCUT2D eigenvalue weighted by atomic mass is 79.9. The molecule has 2 aromatic carbocycles. The van der Waals surface area contributed by atoms with Crippen molar-refractivity contribution in [2.24, 2.45) is 0 Å². The Hall–Kier alpha value is -0.370. The second kappa shape index (κ2) is 7.26. The summed E-state index contributed by atoms with van der Waals surface area (Å²) < 4.78 is 8.42. The quantitative estimate of drug-likeness (QED) is 0.517. The third-order valence-electron chi connectivity index (χ3n) is 2.67. The zero-order valence-electron chi connectivity index (χ0n) is 10.7. The van der Waals surface area contributed by atoms with Crippen LogP contribution in [-0.2, 0) is 0 Å². The van der Waals surface area contributed by atoms with E-state index in [1.807, 2.05) is 18.2 Å². The molecule has 0 heterocycles. The molecule has 21 heavy (non-hydrogen) atoms. The first-order chi connectivity index (χ1) is 9.92. The van der Waals surface area contributed by atoms with E-state index in [0.29, 0.717) is 17.0 Å². The zero-order chi connectivity index (χ0) is 15.6. The standard InChI is InChI=1S/C14H9Br4NO2/c1-21-13-6-12(10(17)5-11(13)18)19-14(20)8-3-2-7(15)4-9(8)16/h2-6H,1H3,(H,19,20). The van der Waals surface area contributed by atoms with Crippen molar-refractivity contribution in [3.63, 3.8) is 0 Å². The first kappa shape index (κ1) is 17.0. The van der Waals surface area contributed by atoms with Gasteiger partial charge in [-0.05, 0) is 72.1 Å². The van der Waals surface area contributed by atoms with Gasteiger partial charge in [0.1, 0.15) is 5.75 Å². The van der Waals surface area contributed by atoms with Crippen molar-refractivity contribution >= 4 is 75.3 Å². The minimum atomic E-state index is -0.209. The van der Waals surface area contributed by atoms with E-state index in [-0.39, 0.29) is 5.91 Å². The molecule has 0 aliphatic carbocycles. The maximum atomic E-state index is 12.4. The number of nitrogens with one attached hydrogen (secondary N) is 1. The Labute approximate surface area is 156 Å². The summed E-state index contributed by atoms with van der Waals surface area (Å²) in [7, 11) is 1.57. The molecule has 0 unspecified atom stereocenters. The number of ether oxygens (including phenoxy) is 1. The van der Waals surface area contributed by atoms with Crippen molar-refractivity contribution in [2.45, 2.75) is 0 Å². The number of carbonyl (C=O) groups is 1. The van der Waals surface area contributed by atoms with Crippen LogP contribution in [0, 0.1) is 0 Å². The minimum Gasteiger partial charge on any atom is -0.495 e. The van der Waals surface area contributed by atoms with Crippen molar-refractivity contribution in [1.82, 2.24) is 0 Å². The first-order valence-electron chi connectivity index (χ1n) is 5.72. The molecule has 0 saturated heterocycles. The van der Waals surface area contributed by atoms with Crippen LogP contribution < -0.4 is 10.1 Å². The summed E-state index contributed by atoms with van der Waals surface area (Å²) in [6, 6.07) is 8.96. The molecule has 0 aromatic heterocycles. The van der Waals surface area contributed by atoms with Gasteiger partial charge in [0.05, 0.1) is 22.8 Å². The van der Waals surface area contributed by atoms with Crippen LogP contribution in [0.5, 0.6) is 5.75 Å². The molecular weight excluding hydrogens is 534 g/mol. The third-order valence-corrected chi connectivity index (χ3v) is 5.09. The molecule has 0 saturated carbocycles. The van der Waals surface area contributed by atoms with E-state index in [0.717, 1.165) is 17.9 Å². The molecule has 0 aliphatic heterocycles. The van der Waals surface area contributed by atoms with Gasteiger partial charge in [-0.1, -0.05) is 15.9 Å². The van der Waals surface area contributed by atoms with Crippen LogP contribution >= 0.6 is 63.7 Å². The van der Waals surface area contributed by atoms with Gasteiger partial charge in [0, 0.05) is 19.5 Å². The summed E-state index contributed by atoms with van der Waals surface area (Å²) in [5.74, 6) is 0.433. The summed E-state index contributed by atoms with van der Waals surface area (Å²) in [5, 5.41) is 2.86. The lowest BCUT2D eigenvalue weighted by molar-refractivity contribution is 0.102. The van der Waals surface area contributed by atoms with Gasteiger partial charge >= 0.3 is 0 Å². The second-order valence-electron chi connectivity index (χ2n) is 4.04. The van der Waals surface area contributed by atoms with Crippen LogP contribution in [0.15, 0.2) is 48.2 Å². The number of benzene rings is 2. The SMILES string of the molecule is COc1cc(NC(=O)c2ccc(Br)cc2Br)c(Br)cc1Br. The normalized spacial score (nSPS) is 10.3. The first-order valence-corrected chi connectivity index (χ1v) is 8.89. The second-order valence-corrected chi connectivity index (χ2v) is 7.52. The molecule has 1 N–H and O–H groups in total. The molecule has 2 rings (SSSR count). The molecule has 0 radical (unpaired) electrons. The number of methoxy groups -OCH3 is 1. The van der Waals surface area contributed by atoms with E-state index in [1.165, 1.54) is 0 Å². The number of hydrogen-bond acceptors (Lipinski definition) is 2. The average molecular weight is 543 g/mol. The van der Waals surface area contributed by atoms with Gasteiger partial charge in [-0.15, -0.1) is 0 Å². The lowest BCUT2D eigenvalue weighted by atomic mass is 10.2. The van der Waals surface area contributed by atoms with Crippen molar-refractivity contribution in [2.75, 3.05) is 12.4 Å². The highest BCUT2D eigenvalue weighted by Gasteiger charge is 2.14. The summed E-state index contributed by atoms with van der Waals surface area (Å²) in [6.45, 7) is 0. The Bertz CT molecular complexity index is 704. The highest BCUT2D eigenvalue weighted by molar-refractivity contribution is 9.11. The fourth-order valence-electron chi connectivity index (χ4n) is 1.64. The van der Waals surface area contributed by atoms with E-state index in [2.05, 4.69) is 69.0 Å². The molecule has 0 aliphatic rings. The zero-order valence-corrected chi connectivity index (χ0v) is 17.1. The largest absolute Gasteiger partial charge is 0.495 e. The van der Waals surface area contributed by atoms with E-state index in [4.69, 9.17) is 4.74 Å². The molecule has 0 bridgehead atoms. The van der Waals surface area contributed by atoms with Crippen molar-refractivity contribution in [1.29, 1.82) is 0 Å². The van der Waals surface area contributed by atoms with Crippen LogP contribution in [0.4, 0.5) is 5.69 Å². The van der Waals surface area contributed by atoms with Gasteiger partial charge in [-0.2, -0.15) is 0 Å². The predicted octanol–water partition coefficient (Wildman–Crippen LogP) is 6.00. The maximum Gasteiger partial charge on any atom is 0.256 e. The monoisotopic (exact) mass is 539 g/mol. The highest BCUT2D eigenvalue weighted by Crippen LogP contribution is 2.35. The molecule has 3 nitrogen and oxygen atoms in total. The number of rotatable bonds is 3. The number of hydrogen-bond donors (Lipinski definition) is 1. The van der Waals surface area contributed by atoms with Gasteiger partial charge in [-0.25, -0.2) is 0 Å². The van der Waals surface area contributed by atoms with Gasteiger partial charge in [0.15, 0.2) is 0 Å². The number of halogens is 4. The fraction of sp³-hybridized carbons (Fsp3) is 0.0714. The van der Waals surface area contributed by atoms with Gasteiger partial charge in [0.2, 0.25) is 0 Å². The average Bonchev–Trinajstić information content (AvgIpc) is 2.41. The molecule has 0 fully saturated rings. The summed E-state index contributed by atoms with van der Waals surface area (Å²) in [6.07, 6.45) is 0. The Morgan fingerprint density at radius 2 is 1.71 bits per heavy atom. The number of carbonyl (C=O) groups excluding carboxylic acids is 1. The van der Waals surface area contributed by atoms with Crippen LogP contribution in [0.2, 0.25) is 0 Å². The third kappa shape index (κ3) is 4.09. The van der Waals surface area contributed by atoms with Crippen molar-refractivity contribution in [3.8, 4) is 5.75 Å². The maximum absolute atomic E-state index is 12.4. The Morgan fingerprint density at radius 3 is 2.33 bits per heavy atom. The molecule has 0 atom stereocenters. The fourth-order valence-corrected chi connectivity index (χ4v) is 4.13.